The fourth-order valence-electron chi connectivity index (χ4n) is 4.24. The molecular weight excluding hydrogens is 296 g/mol. The van der Waals surface area contributed by atoms with Gasteiger partial charge in [-0.05, 0) is 75.3 Å². The van der Waals surface area contributed by atoms with Crippen molar-refractivity contribution in [2.45, 2.75) is 90.6 Å². The molecule has 2 heteroatoms. The summed E-state index contributed by atoms with van der Waals surface area (Å²) in [5.74, 6) is 0.853. The zero-order chi connectivity index (χ0) is 17.6. The first-order chi connectivity index (χ1) is 11.5. The van der Waals surface area contributed by atoms with E-state index >= 15 is 0 Å². The van der Waals surface area contributed by atoms with Crippen LogP contribution < -0.4 is 0 Å². The van der Waals surface area contributed by atoms with Crippen molar-refractivity contribution in [3.8, 4) is 0 Å². The molecule has 2 rings (SSSR count). The van der Waals surface area contributed by atoms with Gasteiger partial charge in [-0.1, -0.05) is 44.5 Å². The van der Waals surface area contributed by atoms with E-state index in [9.17, 15) is 9.90 Å². The van der Waals surface area contributed by atoms with Crippen LogP contribution in [-0.4, -0.2) is 17.0 Å². The third-order valence-electron chi connectivity index (χ3n) is 6.11. The van der Waals surface area contributed by atoms with Crippen molar-refractivity contribution in [1.82, 2.24) is 0 Å². The van der Waals surface area contributed by atoms with Gasteiger partial charge in [-0.2, -0.15) is 0 Å². The molecule has 1 fully saturated rings. The second-order valence-corrected chi connectivity index (χ2v) is 7.70. The van der Waals surface area contributed by atoms with E-state index in [0.29, 0.717) is 11.7 Å². The molecule has 1 aromatic rings. The van der Waals surface area contributed by atoms with Crippen LogP contribution in [0, 0.1) is 5.41 Å². The van der Waals surface area contributed by atoms with E-state index in [2.05, 4.69) is 38.1 Å². The molecule has 1 aliphatic rings. The first kappa shape index (κ1) is 19.2. The number of hydrogen-bond donors (Lipinski definition) is 1. The Morgan fingerprint density at radius 3 is 2.33 bits per heavy atom. The number of Topliss-reactive ketones (excluding diaryl/α,β-unsaturated/α-hetero) is 1. The third kappa shape index (κ3) is 4.69. The fraction of sp³-hybridized carbons (Fsp3) is 0.682. The second kappa shape index (κ2) is 8.80. The predicted octanol–water partition coefficient (Wildman–Crippen LogP) is 5.42. The van der Waals surface area contributed by atoms with Crippen LogP contribution >= 0.6 is 0 Å². The maximum atomic E-state index is 12.3. The van der Waals surface area contributed by atoms with Crippen LogP contribution in [0.4, 0.5) is 0 Å². The molecule has 24 heavy (non-hydrogen) atoms. The Balaban J connectivity index is 2.02. The summed E-state index contributed by atoms with van der Waals surface area (Å²) < 4.78 is 0. The summed E-state index contributed by atoms with van der Waals surface area (Å²) in [5.41, 5.74) is 2.64. The normalized spacial score (nSPS) is 25.4. The van der Waals surface area contributed by atoms with E-state index in [1.54, 1.807) is 6.92 Å². The maximum Gasteiger partial charge on any atom is 0.135 e. The molecule has 1 unspecified atom stereocenters. The largest absolute Gasteiger partial charge is 0.393 e. The van der Waals surface area contributed by atoms with E-state index < -0.39 is 0 Å². The minimum Gasteiger partial charge on any atom is -0.393 e. The first-order valence-electron chi connectivity index (χ1n) is 9.78. The van der Waals surface area contributed by atoms with Crippen molar-refractivity contribution in [3.63, 3.8) is 0 Å². The number of rotatable bonds is 8. The van der Waals surface area contributed by atoms with Crippen LogP contribution in [0.1, 0.15) is 89.2 Å². The molecular formula is C22H34O2. The molecule has 0 heterocycles. The minimum atomic E-state index is -0.203. The summed E-state index contributed by atoms with van der Waals surface area (Å²) in [6, 6.07) is 9.09. The highest BCUT2D eigenvalue weighted by Crippen LogP contribution is 2.43. The Kier molecular flexibility index (Phi) is 7.03. The molecule has 0 amide bonds. The predicted molar refractivity (Wildman–Crippen MR) is 100 cm³/mol. The van der Waals surface area contributed by atoms with Gasteiger partial charge in [0.2, 0.25) is 0 Å². The highest BCUT2D eigenvalue weighted by atomic mass is 16.3. The molecule has 134 valence electrons. The summed E-state index contributed by atoms with van der Waals surface area (Å²) in [7, 11) is 0. The molecule has 0 aliphatic heterocycles. The summed E-state index contributed by atoms with van der Waals surface area (Å²) >= 11 is 0. The molecule has 1 atom stereocenters. The highest BCUT2D eigenvalue weighted by Gasteiger charge is 2.38. The van der Waals surface area contributed by atoms with Gasteiger partial charge >= 0.3 is 0 Å². The van der Waals surface area contributed by atoms with Crippen molar-refractivity contribution < 1.29 is 9.90 Å². The zero-order valence-corrected chi connectivity index (χ0v) is 15.7. The van der Waals surface area contributed by atoms with Gasteiger partial charge in [0.05, 0.1) is 6.10 Å². The van der Waals surface area contributed by atoms with Gasteiger partial charge in [0.1, 0.15) is 5.78 Å². The number of aliphatic hydroxyl groups is 1. The maximum absolute atomic E-state index is 12.3. The monoisotopic (exact) mass is 330 g/mol. The molecule has 0 bridgehead atoms. The van der Waals surface area contributed by atoms with Gasteiger partial charge in [0.15, 0.2) is 0 Å². The Labute approximate surface area is 147 Å². The number of ketones is 1. The van der Waals surface area contributed by atoms with Gasteiger partial charge in [-0.15, -0.1) is 0 Å². The average Bonchev–Trinajstić information content (AvgIpc) is 2.58. The van der Waals surface area contributed by atoms with Crippen LogP contribution in [0.15, 0.2) is 24.3 Å². The van der Waals surface area contributed by atoms with Gasteiger partial charge in [-0.3, -0.25) is 4.79 Å². The molecule has 0 radical (unpaired) electrons. The zero-order valence-electron chi connectivity index (χ0n) is 15.7. The van der Waals surface area contributed by atoms with E-state index in [1.807, 2.05) is 0 Å². The smallest absolute Gasteiger partial charge is 0.135 e. The van der Waals surface area contributed by atoms with E-state index in [4.69, 9.17) is 0 Å². The molecule has 2 nitrogen and oxygen atoms in total. The lowest BCUT2D eigenvalue weighted by molar-refractivity contribution is -0.130. The van der Waals surface area contributed by atoms with Gasteiger partial charge in [-0.25, -0.2) is 0 Å². The molecule has 0 aromatic heterocycles. The molecule has 0 saturated heterocycles. The number of hydrogen-bond acceptors (Lipinski definition) is 2. The lowest BCUT2D eigenvalue weighted by Crippen LogP contribution is -2.36. The van der Waals surface area contributed by atoms with Crippen LogP contribution in [0.3, 0.4) is 0 Å². The number of aliphatic hydroxyl groups excluding tert-OH is 1. The van der Waals surface area contributed by atoms with E-state index in [-0.39, 0.29) is 11.5 Å². The molecule has 1 aromatic carbocycles. The standard InChI is InChI=1S/C22H34O2/c1-4-6-18-7-9-20(10-8-18)19(5-2)11-14-22(17(3)23)15-12-21(24)13-16-22/h7-10,19,21,24H,4-6,11-16H2,1-3H3. The van der Waals surface area contributed by atoms with Crippen molar-refractivity contribution in [2.24, 2.45) is 5.41 Å². The van der Waals surface area contributed by atoms with Crippen molar-refractivity contribution in [2.75, 3.05) is 0 Å². The Hall–Kier alpha value is -1.15. The lowest BCUT2D eigenvalue weighted by atomic mass is 9.67. The molecule has 1 aliphatic carbocycles. The third-order valence-corrected chi connectivity index (χ3v) is 6.11. The van der Waals surface area contributed by atoms with Crippen LogP contribution in [0.25, 0.3) is 0 Å². The van der Waals surface area contributed by atoms with Gasteiger partial charge < -0.3 is 5.11 Å². The number of benzene rings is 1. The van der Waals surface area contributed by atoms with Crippen LogP contribution in [0.2, 0.25) is 0 Å². The van der Waals surface area contributed by atoms with Gasteiger partial charge in [0.25, 0.3) is 0 Å². The number of aryl methyl sites for hydroxylation is 1. The average molecular weight is 331 g/mol. The Morgan fingerprint density at radius 1 is 1.21 bits per heavy atom. The second-order valence-electron chi connectivity index (χ2n) is 7.70. The van der Waals surface area contributed by atoms with Crippen molar-refractivity contribution >= 4 is 5.78 Å². The highest BCUT2D eigenvalue weighted by molar-refractivity contribution is 5.82. The molecule has 1 saturated carbocycles. The van der Waals surface area contributed by atoms with Crippen molar-refractivity contribution in [3.05, 3.63) is 35.4 Å². The van der Waals surface area contributed by atoms with E-state index in [1.165, 1.54) is 17.5 Å². The first-order valence-corrected chi connectivity index (χ1v) is 9.78. The Morgan fingerprint density at radius 2 is 1.83 bits per heavy atom. The number of carbonyl (C=O) groups is 1. The van der Waals surface area contributed by atoms with Crippen LogP contribution in [0.5, 0.6) is 0 Å². The summed E-state index contributed by atoms with van der Waals surface area (Å²) in [5, 5.41) is 9.78. The SMILES string of the molecule is CCCc1ccc(C(CC)CCC2(C(C)=O)CCC(O)CC2)cc1. The summed E-state index contributed by atoms with van der Waals surface area (Å²) in [6.45, 7) is 6.21. The van der Waals surface area contributed by atoms with Crippen molar-refractivity contribution in [1.29, 1.82) is 0 Å². The summed E-state index contributed by atoms with van der Waals surface area (Å²) in [4.78, 5) is 12.3. The number of carbonyl (C=O) groups excluding carboxylic acids is 1. The minimum absolute atomic E-state index is 0.186. The topological polar surface area (TPSA) is 37.3 Å². The van der Waals surface area contributed by atoms with E-state index in [0.717, 1.165) is 51.4 Å². The fourth-order valence-corrected chi connectivity index (χ4v) is 4.24. The van der Waals surface area contributed by atoms with Gasteiger partial charge in [0, 0.05) is 5.41 Å². The molecule has 0 spiro atoms. The Bertz CT molecular complexity index is 509. The van der Waals surface area contributed by atoms with Crippen LogP contribution in [-0.2, 0) is 11.2 Å². The summed E-state index contributed by atoms with van der Waals surface area (Å²) in [6.07, 6.45) is 8.55. The molecule has 1 N–H and O–H groups in total. The lowest BCUT2D eigenvalue weighted by Gasteiger charge is -2.38. The quantitative estimate of drug-likeness (QED) is 0.690.